The largest absolute Gasteiger partial charge is 0.469 e. The second-order valence-corrected chi connectivity index (χ2v) is 3.30. The molecule has 0 unspecified atom stereocenters. The van der Waals surface area contributed by atoms with E-state index < -0.39 is 0 Å². The van der Waals surface area contributed by atoms with Gasteiger partial charge in [0.2, 0.25) is 0 Å². The number of carbonyl (C=O) groups is 1. The minimum atomic E-state index is -0.263. The summed E-state index contributed by atoms with van der Waals surface area (Å²) in [4.78, 5) is 10.9. The molecule has 0 N–H and O–H groups in total. The zero-order chi connectivity index (χ0) is 11.0. The fourth-order valence-corrected chi connectivity index (χ4v) is 1.27. The highest BCUT2D eigenvalue weighted by atomic mass is 79.9. The third-order valence-electron chi connectivity index (χ3n) is 1.66. The number of allylic oxidation sites excluding steroid dienone is 4. The van der Waals surface area contributed by atoms with Crippen LogP contribution in [0.2, 0.25) is 0 Å². The Labute approximate surface area is 93.5 Å². The lowest BCUT2D eigenvalue weighted by Crippen LogP contribution is -1.99. The van der Waals surface area contributed by atoms with Gasteiger partial charge in [-0.05, 0) is 18.1 Å². The van der Waals surface area contributed by atoms with Gasteiger partial charge < -0.3 is 4.74 Å². The van der Waals surface area contributed by atoms with Gasteiger partial charge in [0.25, 0.3) is 0 Å². The van der Waals surface area contributed by atoms with E-state index in [0.717, 1.165) is 16.5 Å². The number of esters is 1. The van der Waals surface area contributed by atoms with E-state index >= 15 is 0 Å². The van der Waals surface area contributed by atoms with Crippen LogP contribution in [0.5, 0.6) is 0 Å². The number of methoxy groups -OCH3 is 1. The molecule has 0 saturated heterocycles. The first kappa shape index (κ1) is 13.2. The van der Waals surface area contributed by atoms with Crippen molar-refractivity contribution in [2.75, 3.05) is 12.4 Å². The average Bonchev–Trinajstić information content (AvgIpc) is 2.19. The minimum absolute atomic E-state index is 0.242. The number of rotatable bonds is 5. The Kier molecular flexibility index (Phi) is 7.11. The van der Waals surface area contributed by atoms with E-state index in [1.807, 2.05) is 25.2 Å². The van der Waals surface area contributed by atoms with E-state index in [1.165, 1.54) is 7.11 Å². The molecule has 0 aliphatic carbocycles. The van der Waals surface area contributed by atoms with Gasteiger partial charge in [-0.25, -0.2) is 0 Å². The lowest BCUT2D eigenvalue weighted by molar-refractivity contribution is -0.139. The number of halogens is 1. The quantitative estimate of drug-likeness (QED) is 0.431. The summed E-state index contributed by atoms with van der Waals surface area (Å²) in [5, 5.41) is 0.797. The van der Waals surface area contributed by atoms with Crippen LogP contribution in [0.3, 0.4) is 0 Å². The molecule has 0 spiro atoms. The summed E-state index contributed by atoms with van der Waals surface area (Å²) in [6, 6.07) is 0. The van der Waals surface area contributed by atoms with Crippen LogP contribution in [0.1, 0.15) is 13.3 Å². The molecule has 0 atom stereocenters. The van der Waals surface area contributed by atoms with Crippen molar-refractivity contribution in [3.05, 3.63) is 36.0 Å². The van der Waals surface area contributed by atoms with E-state index in [-0.39, 0.29) is 12.4 Å². The predicted octanol–water partition coefficient (Wildman–Crippen LogP) is 3.00. The molecule has 0 heterocycles. The van der Waals surface area contributed by atoms with Crippen LogP contribution in [-0.4, -0.2) is 18.4 Å². The van der Waals surface area contributed by atoms with Gasteiger partial charge in [-0.2, -0.15) is 0 Å². The summed E-state index contributed by atoms with van der Waals surface area (Å²) in [5.41, 5.74) is 1.90. The summed E-state index contributed by atoms with van der Waals surface area (Å²) in [7, 11) is 1.37. The Morgan fingerprint density at radius 1 is 1.50 bits per heavy atom. The molecular weight excluding hydrogens is 244 g/mol. The Morgan fingerprint density at radius 3 is 2.57 bits per heavy atom. The fraction of sp³-hybridized carbons (Fsp3) is 0.364. The molecule has 0 saturated carbocycles. The van der Waals surface area contributed by atoms with Crippen molar-refractivity contribution in [3.8, 4) is 0 Å². The Bertz CT molecular complexity index is 264. The normalized spacial score (nSPS) is 11.8. The van der Waals surface area contributed by atoms with Gasteiger partial charge >= 0.3 is 5.97 Å². The molecule has 0 aliphatic rings. The van der Waals surface area contributed by atoms with Crippen molar-refractivity contribution in [1.82, 2.24) is 0 Å². The predicted molar refractivity (Wildman–Crippen MR) is 62.5 cm³/mol. The standard InChI is InChI=1S/C11H15BrO2/c1-4-10(8-12)6-5-9(2)7-11(13)14-3/h4-6H,2,7-8H2,1,3H3/b6-5-,10-4+. The van der Waals surface area contributed by atoms with Gasteiger partial charge in [-0.15, -0.1) is 0 Å². The molecule has 0 aromatic carbocycles. The molecular formula is C11H15BrO2. The number of ether oxygens (including phenoxy) is 1. The van der Waals surface area contributed by atoms with Crippen molar-refractivity contribution in [1.29, 1.82) is 0 Å². The molecule has 14 heavy (non-hydrogen) atoms. The highest BCUT2D eigenvalue weighted by Crippen LogP contribution is 2.06. The summed E-state index contributed by atoms with van der Waals surface area (Å²) >= 11 is 3.35. The number of alkyl halides is 1. The smallest absolute Gasteiger partial charge is 0.309 e. The third kappa shape index (κ3) is 5.75. The summed E-state index contributed by atoms with van der Waals surface area (Å²) < 4.78 is 4.52. The van der Waals surface area contributed by atoms with Crippen molar-refractivity contribution in [2.24, 2.45) is 0 Å². The van der Waals surface area contributed by atoms with Gasteiger partial charge in [0.15, 0.2) is 0 Å². The van der Waals surface area contributed by atoms with Gasteiger partial charge in [0.1, 0.15) is 0 Å². The van der Waals surface area contributed by atoms with Crippen LogP contribution >= 0.6 is 15.9 Å². The second-order valence-electron chi connectivity index (χ2n) is 2.74. The summed E-state index contributed by atoms with van der Waals surface area (Å²) in [6.07, 6.45) is 6.00. The minimum Gasteiger partial charge on any atom is -0.469 e. The maximum atomic E-state index is 10.9. The SMILES string of the molecule is C=C(/C=C\C(=C/C)CBr)CC(=O)OC. The lowest BCUT2D eigenvalue weighted by atomic mass is 10.1. The zero-order valence-electron chi connectivity index (χ0n) is 8.55. The lowest BCUT2D eigenvalue weighted by Gasteiger charge is -1.98. The number of hydrogen-bond donors (Lipinski definition) is 0. The molecule has 0 aliphatic heterocycles. The van der Waals surface area contributed by atoms with Crippen LogP contribution in [0.25, 0.3) is 0 Å². The van der Waals surface area contributed by atoms with Crippen molar-refractivity contribution < 1.29 is 9.53 Å². The van der Waals surface area contributed by atoms with Crippen LogP contribution in [0.4, 0.5) is 0 Å². The molecule has 3 heteroatoms. The van der Waals surface area contributed by atoms with E-state index in [2.05, 4.69) is 27.2 Å². The molecule has 2 nitrogen and oxygen atoms in total. The topological polar surface area (TPSA) is 26.3 Å². The van der Waals surface area contributed by atoms with Gasteiger partial charge in [-0.1, -0.05) is 40.7 Å². The fourth-order valence-electron chi connectivity index (χ4n) is 0.759. The van der Waals surface area contributed by atoms with E-state index in [1.54, 1.807) is 0 Å². The van der Waals surface area contributed by atoms with E-state index in [0.29, 0.717) is 0 Å². The second kappa shape index (κ2) is 7.56. The number of hydrogen-bond acceptors (Lipinski definition) is 2. The molecule has 78 valence electrons. The highest BCUT2D eigenvalue weighted by Gasteiger charge is 2.00. The Hall–Kier alpha value is -0.830. The maximum absolute atomic E-state index is 10.9. The van der Waals surface area contributed by atoms with Crippen molar-refractivity contribution >= 4 is 21.9 Å². The van der Waals surface area contributed by atoms with Crippen LogP contribution in [-0.2, 0) is 9.53 Å². The van der Waals surface area contributed by atoms with Crippen LogP contribution in [0.15, 0.2) is 36.0 Å². The Balaban J connectivity index is 4.12. The third-order valence-corrected chi connectivity index (χ3v) is 2.30. The zero-order valence-corrected chi connectivity index (χ0v) is 10.1. The van der Waals surface area contributed by atoms with Crippen molar-refractivity contribution in [2.45, 2.75) is 13.3 Å². The molecule has 0 amide bonds. The van der Waals surface area contributed by atoms with E-state index in [4.69, 9.17) is 0 Å². The molecule has 0 rings (SSSR count). The molecule has 0 fully saturated rings. The van der Waals surface area contributed by atoms with E-state index in [9.17, 15) is 4.79 Å². The van der Waals surface area contributed by atoms with Gasteiger partial charge in [0, 0.05) is 5.33 Å². The van der Waals surface area contributed by atoms with Crippen LogP contribution in [0, 0.1) is 0 Å². The Morgan fingerprint density at radius 2 is 2.14 bits per heavy atom. The average molecular weight is 259 g/mol. The molecule has 0 radical (unpaired) electrons. The number of carbonyl (C=O) groups excluding carboxylic acids is 1. The first-order chi connectivity index (χ1) is 6.63. The first-order valence-corrected chi connectivity index (χ1v) is 5.40. The highest BCUT2D eigenvalue weighted by molar-refractivity contribution is 9.09. The summed E-state index contributed by atoms with van der Waals surface area (Å²) in [5.74, 6) is -0.263. The molecule has 0 aromatic heterocycles. The molecule has 0 bridgehead atoms. The first-order valence-electron chi connectivity index (χ1n) is 4.27. The van der Waals surface area contributed by atoms with Gasteiger partial charge in [0.05, 0.1) is 13.5 Å². The van der Waals surface area contributed by atoms with Crippen LogP contribution < -0.4 is 0 Å². The maximum Gasteiger partial charge on any atom is 0.309 e. The van der Waals surface area contributed by atoms with Gasteiger partial charge in [-0.3, -0.25) is 4.79 Å². The molecule has 0 aromatic rings. The van der Waals surface area contributed by atoms with Crippen molar-refractivity contribution in [3.63, 3.8) is 0 Å². The monoisotopic (exact) mass is 258 g/mol. The summed E-state index contributed by atoms with van der Waals surface area (Å²) in [6.45, 7) is 5.72.